The third-order valence-corrected chi connectivity index (χ3v) is 8.53. The number of hydrogen-bond acceptors (Lipinski definition) is 19. The Balaban J connectivity index is 1.69. The molecule has 1 amide bonds. The Morgan fingerprint density at radius 2 is 1.04 bits per heavy atom. The second-order valence-electron chi connectivity index (χ2n) is 11.8. The van der Waals surface area contributed by atoms with E-state index in [0.29, 0.717) is 0 Å². The largest absolute Gasteiger partial charge is 0.394 e. The molecule has 0 radical (unpaired) electrons. The number of nitrogens with one attached hydrogen (secondary N) is 1. The van der Waals surface area contributed by atoms with E-state index in [9.17, 15) is 61.0 Å². The van der Waals surface area contributed by atoms with Crippen molar-refractivity contribution in [3.05, 3.63) is 0 Å². The van der Waals surface area contributed by atoms with Gasteiger partial charge in [-0.2, -0.15) is 0 Å². The highest BCUT2D eigenvalue weighted by molar-refractivity contribution is 5.73. The van der Waals surface area contributed by atoms with E-state index in [4.69, 9.17) is 33.2 Å². The molecular formula is C26H45NO19. The Bertz CT molecular complexity index is 997. The number of aliphatic hydroxyl groups is 11. The van der Waals surface area contributed by atoms with E-state index in [0.717, 1.165) is 6.92 Å². The predicted molar refractivity (Wildman–Crippen MR) is 143 cm³/mol. The van der Waals surface area contributed by atoms with E-state index in [1.807, 2.05) is 0 Å². The number of rotatable bonds is 9. The van der Waals surface area contributed by atoms with Crippen LogP contribution in [0.2, 0.25) is 0 Å². The number of amides is 1. The minimum absolute atomic E-state index is 0.704. The molecule has 20 heteroatoms. The first-order valence-corrected chi connectivity index (χ1v) is 14.8. The van der Waals surface area contributed by atoms with E-state index in [2.05, 4.69) is 5.32 Å². The SMILES string of the molecule is CC(=O)N[C@H]1C(O)O[C@H](CO)[C@@H](O[C@@H]2O[C@@H](C)[C@@H](O)[C@@H](O)[C@@H]2O)[C@@H]1O[C@@H]1O[C@H](CO)[C@H](O)[C@H](O)[C@H]1O[C@@H]1O[C@@H](C)[C@@H](O)[C@@H](O)[C@@H]1O. The average Bonchev–Trinajstić information content (AvgIpc) is 3.01. The van der Waals surface area contributed by atoms with Crippen molar-refractivity contribution >= 4 is 5.91 Å². The van der Waals surface area contributed by atoms with Gasteiger partial charge >= 0.3 is 0 Å². The van der Waals surface area contributed by atoms with Crippen LogP contribution in [0.4, 0.5) is 0 Å². The highest BCUT2D eigenvalue weighted by atomic mass is 16.8. The van der Waals surface area contributed by atoms with Crippen LogP contribution in [0.3, 0.4) is 0 Å². The normalized spacial score (nSPS) is 51.9. The zero-order valence-corrected chi connectivity index (χ0v) is 25.1. The first kappa shape index (κ1) is 37.6. The standard InChI is InChI=1S/C26H45NO19/c1-6-12(31)15(34)18(37)24(40-6)44-20-10(5-29)42-23(39)11(27-8(3)30)21(20)45-26-22(17(36)14(33)9(4-28)43-26)46-25-19(38)16(35)13(32)7(2)41-25/h6-7,9-26,28-29,31-39H,4-5H2,1-3H3,(H,27,30)/t6-,7-,9+,10+,11+,12+,13+,14-,15+,16+,17-,18-,19-,20+,21+,22+,23?,24-,25-,26-/m0/s1. The van der Waals surface area contributed by atoms with Gasteiger partial charge in [-0.05, 0) is 13.8 Å². The van der Waals surface area contributed by atoms with E-state index in [1.165, 1.54) is 13.8 Å². The highest BCUT2D eigenvalue weighted by Gasteiger charge is 2.56. The lowest BCUT2D eigenvalue weighted by Crippen LogP contribution is -2.70. The minimum Gasteiger partial charge on any atom is -0.394 e. The molecule has 20 nitrogen and oxygen atoms in total. The van der Waals surface area contributed by atoms with Gasteiger partial charge in [-0.25, -0.2) is 0 Å². The van der Waals surface area contributed by atoms with Crippen LogP contribution >= 0.6 is 0 Å². The molecule has 46 heavy (non-hydrogen) atoms. The van der Waals surface area contributed by atoms with Gasteiger partial charge in [0.1, 0.15) is 85.4 Å². The lowest BCUT2D eigenvalue weighted by atomic mass is 9.94. The van der Waals surface area contributed by atoms with Crippen LogP contribution in [-0.2, 0) is 38.0 Å². The Labute approximate surface area is 262 Å². The van der Waals surface area contributed by atoms with Crippen molar-refractivity contribution in [1.29, 1.82) is 0 Å². The summed E-state index contributed by atoms with van der Waals surface area (Å²) in [6.07, 6.45) is -31.2. The van der Waals surface area contributed by atoms with Crippen molar-refractivity contribution in [1.82, 2.24) is 5.32 Å². The lowest BCUT2D eigenvalue weighted by Gasteiger charge is -2.50. The third-order valence-electron chi connectivity index (χ3n) is 8.53. The molecule has 4 heterocycles. The molecule has 268 valence electrons. The Morgan fingerprint density at radius 1 is 0.565 bits per heavy atom. The van der Waals surface area contributed by atoms with Gasteiger partial charge in [-0.1, -0.05) is 0 Å². The fraction of sp³-hybridized carbons (Fsp3) is 0.962. The maximum atomic E-state index is 12.2. The molecule has 0 spiro atoms. The van der Waals surface area contributed by atoms with Crippen LogP contribution in [0.1, 0.15) is 20.8 Å². The quantitative estimate of drug-likeness (QED) is 0.108. The van der Waals surface area contributed by atoms with E-state index < -0.39 is 142 Å². The number of carbonyl (C=O) groups excluding carboxylic acids is 1. The smallest absolute Gasteiger partial charge is 0.217 e. The highest BCUT2D eigenvalue weighted by Crippen LogP contribution is 2.35. The summed E-state index contributed by atoms with van der Waals surface area (Å²) in [5, 5.41) is 117. The van der Waals surface area contributed by atoms with Crippen molar-refractivity contribution in [2.24, 2.45) is 0 Å². The van der Waals surface area contributed by atoms with Crippen LogP contribution in [0.5, 0.6) is 0 Å². The number of aliphatic hydroxyl groups excluding tert-OH is 11. The second-order valence-corrected chi connectivity index (χ2v) is 11.8. The number of ether oxygens (including phenoxy) is 7. The summed E-state index contributed by atoms with van der Waals surface area (Å²) >= 11 is 0. The fourth-order valence-corrected chi connectivity index (χ4v) is 5.81. The van der Waals surface area contributed by atoms with Crippen molar-refractivity contribution in [2.45, 2.75) is 144 Å². The van der Waals surface area contributed by atoms with Crippen LogP contribution in [-0.4, -0.2) is 198 Å². The van der Waals surface area contributed by atoms with Crippen LogP contribution in [0, 0.1) is 0 Å². The van der Waals surface area contributed by atoms with Gasteiger partial charge in [0.25, 0.3) is 0 Å². The summed E-state index contributed by atoms with van der Waals surface area (Å²) in [5.74, 6) is -0.704. The predicted octanol–water partition coefficient (Wildman–Crippen LogP) is -7.55. The third kappa shape index (κ3) is 7.64. The molecule has 0 aliphatic carbocycles. The molecular weight excluding hydrogens is 630 g/mol. The van der Waals surface area contributed by atoms with Gasteiger partial charge in [0.15, 0.2) is 25.2 Å². The molecule has 1 unspecified atom stereocenters. The maximum absolute atomic E-state index is 12.2. The van der Waals surface area contributed by atoms with Crippen LogP contribution in [0.15, 0.2) is 0 Å². The van der Waals surface area contributed by atoms with Gasteiger partial charge in [-0.15, -0.1) is 0 Å². The lowest BCUT2D eigenvalue weighted by molar-refractivity contribution is -0.390. The Hall–Kier alpha value is -1.25. The molecule has 0 aromatic carbocycles. The monoisotopic (exact) mass is 675 g/mol. The molecule has 4 aliphatic heterocycles. The number of carbonyl (C=O) groups is 1. The van der Waals surface area contributed by atoms with Crippen molar-refractivity contribution < 1.29 is 94.1 Å². The Morgan fingerprint density at radius 3 is 1.52 bits per heavy atom. The van der Waals surface area contributed by atoms with E-state index in [1.54, 1.807) is 0 Å². The first-order valence-electron chi connectivity index (χ1n) is 14.8. The first-order chi connectivity index (χ1) is 21.6. The van der Waals surface area contributed by atoms with Gasteiger partial charge < -0.3 is 94.6 Å². The average molecular weight is 676 g/mol. The van der Waals surface area contributed by atoms with Crippen molar-refractivity contribution in [2.75, 3.05) is 13.2 Å². The molecule has 4 saturated heterocycles. The summed E-state index contributed by atoms with van der Waals surface area (Å²) in [4.78, 5) is 12.2. The minimum atomic E-state index is -1.93. The maximum Gasteiger partial charge on any atom is 0.217 e. The molecule has 4 aliphatic rings. The molecule has 4 fully saturated rings. The van der Waals surface area contributed by atoms with Gasteiger partial charge in [0.05, 0.1) is 25.4 Å². The summed E-state index contributed by atoms with van der Waals surface area (Å²) in [5.41, 5.74) is 0. The Kier molecular flexibility index (Phi) is 12.7. The second kappa shape index (κ2) is 15.5. The zero-order valence-electron chi connectivity index (χ0n) is 25.1. The molecule has 0 aromatic heterocycles. The van der Waals surface area contributed by atoms with Gasteiger partial charge in [-0.3, -0.25) is 4.79 Å². The summed E-state index contributed by atoms with van der Waals surface area (Å²) in [6.45, 7) is 2.15. The molecule has 0 aromatic rings. The van der Waals surface area contributed by atoms with E-state index >= 15 is 0 Å². The van der Waals surface area contributed by atoms with Crippen LogP contribution < -0.4 is 5.32 Å². The van der Waals surface area contributed by atoms with E-state index in [-0.39, 0.29) is 0 Å². The molecule has 0 saturated carbocycles. The van der Waals surface area contributed by atoms with Gasteiger partial charge in [0, 0.05) is 6.92 Å². The molecule has 4 rings (SSSR count). The summed E-state index contributed by atoms with van der Waals surface area (Å²) in [7, 11) is 0. The summed E-state index contributed by atoms with van der Waals surface area (Å²) < 4.78 is 39.8. The van der Waals surface area contributed by atoms with Crippen molar-refractivity contribution in [3.8, 4) is 0 Å². The fourth-order valence-electron chi connectivity index (χ4n) is 5.81. The molecule has 12 N–H and O–H groups in total. The zero-order chi connectivity index (χ0) is 34.2. The van der Waals surface area contributed by atoms with Crippen molar-refractivity contribution in [3.63, 3.8) is 0 Å². The van der Waals surface area contributed by atoms with Crippen LogP contribution in [0.25, 0.3) is 0 Å². The number of hydrogen-bond donors (Lipinski definition) is 12. The summed E-state index contributed by atoms with van der Waals surface area (Å²) in [6, 6.07) is -1.53. The topological polar surface area (TPSA) is 316 Å². The van der Waals surface area contributed by atoms with Gasteiger partial charge in [0.2, 0.25) is 5.91 Å². The molecule has 20 atom stereocenters. The molecule has 0 bridgehead atoms.